The van der Waals surface area contributed by atoms with E-state index in [0.29, 0.717) is 10.6 Å². The number of nitrogens with zero attached hydrogens (tertiary/aromatic N) is 2. The molecule has 1 aromatic carbocycles. The average Bonchev–Trinajstić information content (AvgIpc) is 3.05. The molecule has 0 bridgehead atoms. The monoisotopic (exact) mass is 315 g/mol. The van der Waals surface area contributed by atoms with E-state index in [1.54, 1.807) is 18.3 Å². The molecule has 0 aliphatic carbocycles. The summed E-state index contributed by atoms with van der Waals surface area (Å²) in [5.41, 5.74) is 2.31. The highest BCUT2D eigenvalue weighted by molar-refractivity contribution is 6.31. The normalized spacial score (nSPS) is 14.2. The summed E-state index contributed by atoms with van der Waals surface area (Å²) in [6, 6.07) is 9.07. The molecule has 1 saturated heterocycles. The Kier molecular flexibility index (Phi) is 4.29. The zero-order chi connectivity index (χ0) is 15.5. The number of aromatic nitrogens is 1. The molecule has 2 heterocycles. The van der Waals surface area contributed by atoms with Crippen LogP contribution >= 0.6 is 11.6 Å². The van der Waals surface area contributed by atoms with Gasteiger partial charge < -0.3 is 10.2 Å². The Balaban J connectivity index is 1.87. The van der Waals surface area contributed by atoms with Gasteiger partial charge in [-0.2, -0.15) is 0 Å². The molecule has 1 aliphatic rings. The zero-order valence-electron chi connectivity index (χ0n) is 12.5. The number of benzene rings is 1. The molecule has 4 nitrogen and oxygen atoms in total. The molecule has 114 valence electrons. The van der Waals surface area contributed by atoms with Crippen LogP contribution in [0.15, 0.2) is 36.5 Å². The maximum atomic E-state index is 12.6. The first kappa shape index (κ1) is 14.9. The molecule has 5 heteroatoms. The fourth-order valence-corrected chi connectivity index (χ4v) is 2.85. The average molecular weight is 316 g/mol. The molecular formula is C17H18ClN3O. The van der Waals surface area contributed by atoms with Gasteiger partial charge in [0.25, 0.3) is 5.91 Å². The molecule has 0 unspecified atom stereocenters. The lowest BCUT2D eigenvalue weighted by atomic mass is 10.1. The lowest BCUT2D eigenvalue weighted by molar-refractivity contribution is 0.102. The van der Waals surface area contributed by atoms with Crippen LogP contribution in [0.2, 0.25) is 5.02 Å². The number of hydrogen-bond donors (Lipinski definition) is 1. The number of aryl methyl sites for hydroxylation is 1. The van der Waals surface area contributed by atoms with Gasteiger partial charge in [-0.25, -0.2) is 4.98 Å². The number of carbonyl (C=O) groups is 1. The van der Waals surface area contributed by atoms with Crippen molar-refractivity contribution in [3.63, 3.8) is 0 Å². The number of rotatable bonds is 3. The van der Waals surface area contributed by atoms with Gasteiger partial charge in [0.1, 0.15) is 5.82 Å². The van der Waals surface area contributed by atoms with Gasteiger partial charge in [-0.15, -0.1) is 0 Å². The van der Waals surface area contributed by atoms with Crippen molar-refractivity contribution in [2.45, 2.75) is 19.8 Å². The van der Waals surface area contributed by atoms with Crippen molar-refractivity contribution in [2.75, 3.05) is 23.3 Å². The molecule has 0 saturated carbocycles. The highest BCUT2D eigenvalue weighted by atomic mass is 35.5. The molecular weight excluding hydrogens is 298 g/mol. The fourth-order valence-electron chi connectivity index (χ4n) is 2.67. The van der Waals surface area contributed by atoms with E-state index in [4.69, 9.17) is 11.6 Å². The van der Waals surface area contributed by atoms with Crippen molar-refractivity contribution in [1.29, 1.82) is 0 Å². The zero-order valence-corrected chi connectivity index (χ0v) is 13.2. The molecule has 22 heavy (non-hydrogen) atoms. The number of pyridine rings is 1. The van der Waals surface area contributed by atoms with Crippen LogP contribution in [-0.2, 0) is 0 Å². The minimum atomic E-state index is -0.152. The van der Waals surface area contributed by atoms with Crippen LogP contribution < -0.4 is 10.2 Å². The third-order valence-electron chi connectivity index (χ3n) is 3.88. The van der Waals surface area contributed by atoms with E-state index in [1.165, 1.54) is 0 Å². The summed E-state index contributed by atoms with van der Waals surface area (Å²) in [6.45, 7) is 3.84. The van der Waals surface area contributed by atoms with Gasteiger partial charge >= 0.3 is 0 Å². The van der Waals surface area contributed by atoms with Crippen molar-refractivity contribution >= 4 is 29.0 Å². The van der Waals surface area contributed by atoms with Gasteiger partial charge in [-0.1, -0.05) is 17.7 Å². The summed E-state index contributed by atoms with van der Waals surface area (Å²) in [7, 11) is 0. The minimum absolute atomic E-state index is 0.152. The largest absolute Gasteiger partial charge is 0.356 e. The number of hydrogen-bond acceptors (Lipinski definition) is 3. The van der Waals surface area contributed by atoms with Gasteiger partial charge in [0.2, 0.25) is 0 Å². The van der Waals surface area contributed by atoms with E-state index >= 15 is 0 Å². The Labute approximate surface area is 135 Å². The number of nitrogens with one attached hydrogen (secondary N) is 1. The highest BCUT2D eigenvalue weighted by Crippen LogP contribution is 2.25. The summed E-state index contributed by atoms with van der Waals surface area (Å²) in [4.78, 5) is 19.2. The van der Waals surface area contributed by atoms with Crippen molar-refractivity contribution in [3.05, 3.63) is 52.7 Å². The second-order valence-electron chi connectivity index (χ2n) is 5.48. The number of halogens is 1. The van der Waals surface area contributed by atoms with Gasteiger partial charge in [-0.05, 0) is 49.6 Å². The molecule has 0 atom stereocenters. The van der Waals surface area contributed by atoms with Crippen molar-refractivity contribution in [2.24, 2.45) is 0 Å². The van der Waals surface area contributed by atoms with E-state index < -0.39 is 0 Å². The van der Waals surface area contributed by atoms with Crippen LogP contribution in [0.25, 0.3) is 0 Å². The molecule has 0 spiro atoms. The molecule has 1 aliphatic heterocycles. The van der Waals surface area contributed by atoms with E-state index in [2.05, 4.69) is 15.2 Å². The van der Waals surface area contributed by atoms with Crippen LogP contribution in [0.3, 0.4) is 0 Å². The van der Waals surface area contributed by atoms with Crippen molar-refractivity contribution in [1.82, 2.24) is 4.98 Å². The van der Waals surface area contributed by atoms with Crippen molar-refractivity contribution in [3.8, 4) is 0 Å². The van der Waals surface area contributed by atoms with Crippen LogP contribution in [-0.4, -0.2) is 24.0 Å². The second kappa shape index (κ2) is 6.36. The van der Waals surface area contributed by atoms with E-state index in [0.717, 1.165) is 43.0 Å². The van der Waals surface area contributed by atoms with E-state index in [-0.39, 0.29) is 5.91 Å². The number of anilines is 2. The second-order valence-corrected chi connectivity index (χ2v) is 5.92. The Hall–Kier alpha value is -2.07. The highest BCUT2D eigenvalue weighted by Gasteiger charge is 2.20. The Morgan fingerprint density at radius 3 is 2.82 bits per heavy atom. The lowest BCUT2D eigenvalue weighted by Crippen LogP contribution is -2.24. The molecule has 0 radical (unpaired) electrons. The Bertz CT molecular complexity index is 696. The maximum absolute atomic E-state index is 12.6. The van der Waals surface area contributed by atoms with Crippen LogP contribution in [0.5, 0.6) is 0 Å². The predicted molar refractivity (Wildman–Crippen MR) is 89.8 cm³/mol. The molecule has 1 fully saturated rings. The summed E-state index contributed by atoms with van der Waals surface area (Å²) < 4.78 is 0. The SMILES string of the molecule is Cc1ccc(Cl)cc1NC(=O)c1cccnc1N1CCCC1. The Morgan fingerprint density at radius 1 is 1.27 bits per heavy atom. The van der Waals surface area contributed by atoms with Gasteiger partial charge in [0, 0.05) is 30.0 Å². The molecule has 1 aromatic heterocycles. The summed E-state index contributed by atoms with van der Waals surface area (Å²) in [5, 5.41) is 3.54. The first-order chi connectivity index (χ1) is 10.6. The maximum Gasteiger partial charge on any atom is 0.259 e. The predicted octanol–water partition coefficient (Wildman–Crippen LogP) is 3.90. The quantitative estimate of drug-likeness (QED) is 0.934. The topological polar surface area (TPSA) is 45.2 Å². The van der Waals surface area contributed by atoms with Crippen LogP contribution in [0.1, 0.15) is 28.8 Å². The smallest absolute Gasteiger partial charge is 0.259 e. The van der Waals surface area contributed by atoms with Gasteiger partial charge in [0.15, 0.2) is 0 Å². The van der Waals surface area contributed by atoms with Crippen LogP contribution in [0, 0.1) is 6.92 Å². The first-order valence-corrected chi connectivity index (χ1v) is 7.80. The number of carbonyl (C=O) groups excluding carboxylic acids is 1. The fraction of sp³-hybridized carbons (Fsp3) is 0.294. The third-order valence-corrected chi connectivity index (χ3v) is 4.12. The Morgan fingerprint density at radius 2 is 2.05 bits per heavy atom. The third kappa shape index (κ3) is 3.07. The summed E-state index contributed by atoms with van der Waals surface area (Å²) in [6.07, 6.45) is 4.02. The minimum Gasteiger partial charge on any atom is -0.356 e. The lowest BCUT2D eigenvalue weighted by Gasteiger charge is -2.19. The van der Waals surface area contributed by atoms with E-state index in [9.17, 15) is 4.79 Å². The van der Waals surface area contributed by atoms with E-state index in [1.807, 2.05) is 25.1 Å². The van der Waals surface area contributed by atoms with Gasteiger partial charge in [0.05, 0.1) is 5.56 Å². The van der Waals surface area contributed by atoms with Gasteiger partial charge in [-0.3, -0.25) is 4.79 Å². The first-order valence-electron chi connectivity index (χ1n) is 7.42. The molecule has 1 N–H and O–H groups in total. The standard InChI is InChI=1S/C17H18ClN3O/c1-12-6-7-13(18)11-15(12)20-17(22)14-5-4-8-19-16(14)21-9-2-3-10-21/h4-8,11H,2-3,9-10H2,1H3,(H,20,22). The molecule has 3 rings (SSSR count). The number of amides is 1. The molecule has 1 amide bonds. The van der Waals surface area contributed by atoms with Crippen LogP contribution in [0.4, 0.5) is 11.5 Å². The summed E-state index contributed by atoms with van der Waals surface area (Å²) in [5.74, 6) is 0.609. The molecule has 2 aromatic rings. The summed E-state index contributed by atoms with van der Waals surface area (Å²) >= 11 is 6.01. The van der Waals surface area contributed by atoms with Crippen molar-refractivity contribution < 1.29 is 4.79 Å².